The Morgan fingerprint density at radius 2 is 2.12 bits per heavy atom. The number of nitrogens with zero attached hydrogens (tertiary/aromatic N) is 1. The molecule has 1 aliphatic heterocycles. The molecule has 0 bridgehead atoms. The lowest BCUT2D eigenvalue weighted by molar-refractivity contribution is 0.252. The first-order valence-corrected chi connectivity index (χ1v) is 5.92. The quantitative estimate of drug-likeness (QED) is 0.850. The smallest absolute Gasteiger partial charge is 0.123 e. The van der Waals surface area contributed by atoms with E-state index >= 15 is 0 Å². The highest BCUT2D eigenvalue weighted by atomic mass is 19.1. The molecule has 1 saturated heterocycles. The van der Waals surface area contributed by atoms with Gasteiger partial charge in [0.1, 0.15) is 5.82 Å². The lowest BCUT2D eigenvalue weighted by atomic mass is 10.1. The third-order valence-electron chi connectivity index (χ3n) is 3.42. The molecular formula is C13H19FN2. The Kier molecular flexibility index (Phi) is 3.56. The number of nitrogens with two attached hydrogens (primary N) is 1. The average Bonchev–Trinajstić information content (AvgIpc) is 2.65. The third kappa shape index (κ3) is 2.60. The van der Waals surface area contributed by atoms with Crippen LogP contribution >= 0.6 is 0 Å². The Labute approximate surface area is 96.2 Å². The van der Waals surface area contributed by atoms with E-state index in [4.69, 9.17) is 5.73 Å². The predicted octanol–water partition coefficient (Wildman–Crippen LogP) is 2.31. The van der Waals surface area contributed by atoms with Crippen molar-refractivity contribution in [1.82, 2.24) is 4.90 Å². The zero-order valence-electron chi connectivity index (χ0n) is 9.70. The van der Waals surface area contributed by atoms with Gasteiger partial charge in [-0.2, -0.15) is 0 Å². The summed E-state index contributed by atoms with van der Waals surface area (Å²) >= 11 is 0. The molecule has 16 heavy (non-hydrogen) atoms. The average molecular weight is 222 g/mol. The van der Waals surface area contributed by atoms with E-state index in [-0.39, 0.29) is 11.9 Å². The molecule has 2 atom stereocenters. The van der Waals surface area contributed by atoms with Gasteiger partial charge in [0.25, 0.3) is 0 Å². The van der Waals surface area contributed by atoms with Crippen molar-refractivity contribution in [3.05, 3.63) is 35.6 Å². The minimum Gasteiger partial charge on any atom is -0.323 e. The molecule has 2 nitrogen and oxygen atoms in total. The molecule has 0 aliphatic carbocycles. The van der Waals surface area contributed by atoms with E-state index in [0.717, 1.165) is 18.7 Å². The van der Waals surface area contributed by atoms with Crippen molar-refractivity contribution in [3.8, 4) is 0 Å². The van der Waals surface area contributed by atoms with Gasteiger partial charge in [0, 0.05) is 18.6 Å². The van der Waals surface area contributed by atoms with Crippen molar-refractivity contribution < 1.29 is 4.39 Å². The molecule has 2 rings (SSSR count). The highest BCUT2D eigenvalue weighted by molar-refractivity contribution is 5.19. The highest BCUT2D eigenvalue weighted by Gasteiger charge is 2.22. The number of hydrogen-bond donors (Lipinski definition) is 1. The van der Waals surface area contributed by atoms with Crippen LogP contribution in [0, 0.1) is 5.82 Å². The second-order valence-corrected chi connectivity index (χ2v) is 4.64. The summed E-state index contributed by atoms with van der Waals surface area (Å²) in [5.41, 5.74) is 7.14. The lowest BCUT2D eigenvalue weighted by Gasteiger charge is -2.24. The summed E-state index contributed by atoms with van der Waals surface area (Å²) in [5.74, 6) is -0.203. The molecule has 1 aliphatic rings. The van der Waals surface area contributed by atoms with Gasteiger partial charge in [0.15, 0.2) is 0 Å². The topological polar surface area (TPSA) is 29.3 Å². The molecule has 2 N–H and O–H groups in total. The van der Waals surface area contributed by atoms with Crippen LogP contribution in [0.25, 0.3) is 0 Å². The van der Waals surface area contributed by atoms with Crippen LogP contribution in [0.3, 0.4) is 0 Å². The predicted molar refractivity (Wildman–Crippen MR) is 63.6 cm³/mol. The molecule has 1 aromatic carbocycles. The molecular weight excluding hydrogens is 203 g/mol. The summed E-state index contributed by atoms with van der Waals surface area (Å²) in [4.78, 5) is 2.41. The van der Waals surface area contributed by atoms with Gasteiger partial charge in [-0.1, -0.05) is 12.1 Å². The Bertz CT molecular complexity index is 336. The number of benzene rings is 1. The first-order valence-electron chi connectivity index (χ1n) is 5.92. The molecule has 0 saturated carbocycles. The lowest BCUT2D eigenvalue weighted by Crippen LogP contribution is -2.34. The van der Waals surface area contributed by atoms with E-state index in [1.165, 1.54) is 25.0 Å². The van der Waals surface area contributed by atoms with Crippen LogP contribution in [0.1, 0.15) is 31.4 Å². The maximum absolute atomic E-state index is 12.8. The molecule has 0 spiro atoms. The van der Waals surface area contributed by atoms with E-state index in [2.05, 4.69) is 11.8 Å². The van der Waals surface area contributed by atoms with E-state index in [0.29, 0.717) is 6.04 Å². The van der Waals surface area contributed by atoms with Gasteiger partial charge in [-0.05, 0) is 44.0 Å². The van der Waals surface area contributed by atoms with E-state index in [1.54, 1.807) is 12.1 Å². The Morgan fingerprint density at radius 1 is 1.44 bits per heavy atom. The molecule has 1 unspecified atom stereocenters. The van der Waals surface area contributed by atoms with E-state index in [9.17, 15) is 4.39 Å². The van der Waals surface area contributed by atoms with Crippen LogP contribution in [0.4, 0.5) is 4.39 Å². The molecule has 0 radical (unpaired) electrons. The van der Waals surface area contributed by atoms with Crippen molar-refractivity contribution in [3.63, 3.8) is 0 Å². The Hall–Kier alpha value is -0.930. The number of rotatable bonds is 3. The zero-order valence-corrected chi connectivity index (χ0v) is 9.70. The van der Waals surface area contributed by atoms with Crippen LogP contribution in [-0.2, 0) is 0 Å². The van der Waals surface area contributed by atoms with Crippen LogP contribution < -0.4 is 5.73 Å². The van der Waals surface area contributed by atoms with Gasteiger partial charge in [-0.3, -0.25) is 4.90 Å². The van der Waals surface area contributed by atoms with Crippen LogP contribution in [0.2, 0.25) is 0 Å². The van der Waals surface area contributed by atoms with Crippen molar-refractivity contribution in [2.75, 3.05) is 13.1 Å². The standard InChI is InChI=1S/C13H19FN2/c1-10-3-2-8-16(10)9-13(15)11-4-6-12(14)7-5-11/h4-7,10,13H,2-3,8-9,15H2,1H3/t10?,13-/m1/s1. The van der Waals surface area contributed by atoms with E-state index in [1.807, 2.05) is 0 Å². The largest absolute Gasteiger partial charge is 0.323 e. The second kappa shape index (κ2) is 4.93. The first-order chi connectivity index (χ1) is 7.66. The first kappa shape index (κ1) is 11.6. The summed E-state index contributed by atoms with van der Waals surface area (Å²) in [7, 11) is 0. The maximum Gasteiger partial charge on any atom is 0.123 e. The van der Waals surface area contributed by atoms with Gasteiger partial charge in [0.2, 0.25) is 0 Å². The van der Waals surface area contributed by atoms with Crippen molar-refractivity contribution in [2.24, 2.45) is 5.73 Å². The second-order valence-electron chi connectivity index (χ2n) is 4.64. The molecule has 88 valence electrons. The number of likely N-dealkylation sites (tertiary alicyclic amines) is 1. The van der Waals surface area contributed by atoms with Crippen molar-refractivity contribution in [2.45, 2.75) is 31.8 Å². The minimum atomic E-state index is -0.203. The highest BCUT2D eigenvalue weighted by Crippen LogP contribution is 2.20. The zero-order chi connectivity index (χ0) is 11.5. The van der Waals surface area contributed by atoms with Gasteiger partial charge >= 0.3 is 0 Å². The monoisotopic (exact) mass is 222 g/mol. The summed E-state index contributed by atoms with van der Waals surface area (Å²) in [6.07, 6.45) is 2.52. The fourth-order valence-electron chi connectivity index (χ4n) is 2.33. The molecule has 1 heterocycles. The van der Waals surface area contributed by atoms with Crippen LogP contribution in [-0.4, -0.2) is 24.0 Å². The summed E-state index contributed by atoms with van der Waals surface area (Å²) < 4.78 is 12.8. The Morgan fingerprint density at radius 3 is 2.69 bits per heavy atom. The normalized spacial score (nSPS) is 23.6. The SMILES string of the molecule is CC1CCCN1C[C@@H](N)c1ccc(F)cc1. The summed E-state index contributed by atoms with van der Waals surface area (Å²) in [6.45, 7) is 4.24. The summed E-state index contributed by atoms with van der Waals surface area (Å²) in [6, 6.07) is 7.12. The Balaban J connectivity index is 1.97. The molecule has 3 heteroatoms. The summed E-state index contributed by atoms with van der Waals surface area (Å²) in [5, 5.41) is 0. The molecule has 0 aromatic heterocycles. The third-order valence-corrected chi connectivity index (χ3v) is 3.42. The molecule has 1 aromatic rings. The molecule has 1 fully saturated rings. The van der Waals surface area contributed by atoms with E-state index < -0.39 is 0 Å². The van der Waals surface area contributed by atoms with Crippen LogP contribution in [0.5, 0.6) is 0 Å². The number of halogens is 1. The molecule has 0 amide bonds. The van der Waals surface area contributed by atoms with Crippen molar-refractivity contribution >= 4 is 0 Å². The maximum atomic E-state index is 12.8. The van der Waals surface area contributed by atoms with Gasteiger partial charge in [-0.25, -0.2) is 4.39 Å². The van der Waals surface area contributed by atoms with Crippen LogP contribution in [0.15, 0.2) is 24.3 Å². The number of hydrogen-bond acceptors (Lipinski definition) is 2. The van der Waals surface area contributed by atoms with Gasteiger partial charge in [0.05, 0.1) is 0 Å². The van der Waals surface area contributed by atoms with Gasteiger partial charge in [-0.15, -0.1) is 0 Å². The fourth-order valence-corrected chi connectivity index (χ4v) is 2.33. The minimum absolute atomic E-state index is 0.0128. The fraction of sp³-hybridized carbons (Fsp3) is 0.538. The van der Waals surface area contributed by atoms with Crippen molar-refractivity contribution in [1.29, 1.82) is 0 Å². The van der Waals surface area contributed by atoms with Gasteiger partial charge < -0.3 is 5.73 Å².